The van der Waals surface area contributed by atoms with Gasteiger partial charge in [0.1, 0.15) is 52.9 Å². The van der Waals surface area contributed by atoms with Gasteiger partial charge in [0.25, 0.3) is 0 Å². The van der Waals surface area contributed by atoms with Gasteiger partial charge in [0.2, 0.25) is 11.8 Å². The number of aromatic amines is 2. The largest absolute Gasteiger partial charge is 0.493 e. The van der Waals surface area contributed by atoms with Gasteiger partial charge in [-0.15, -0.1) is 0 Å². The number of hydrogen-bond acceptors (Lipinski definition) is 12. The smallest absolute Gasteiger partial charge is 0.246 e. The number of halogens is 1. The zero-order chi connectivity index (χ0) is 43.3. The van der Waals surface area contributed by atoms with E-state index < -0.39 is 11.8 Å². The van der Waals surface area contributed by atoms with E-state index in [4.69, 9.17) is 19.9 Å². The molecule has 0 unspecified atom stereocenters. The first-order valence-corrected chi connectivity index (χ1v) is 19.6. The number of carbonyl (C=O) groups excluding carboxylic acids is 2. The average Bonchev–Trinajstić information content (AvgIpc) is 3.96. The Morgan fingerprint density at radius 1 is 0.661 bits per heavy atom. The summed E-state index contributed by atoms with van der Waals surface area (Å²) in [5.41, 5.74) is 10.4. The lowest BCUT2D eigenvalue weighted by Crippen LogP contribution is -2.20. The third-order valence-electron chi connectivity index (χ3n) is 9.65. The summed E-state index contributed by atoms with van der Waals surface area (Å²) in [5.74, 6) is 1.45. The van der Waals surface area contributed by atoms with E-state index in [9.17, 15) is 14.0 Å². The van der Waals surface area contributed by atoms with Crippen LogP contribution < -0.4 is 31.1 Å². The Balaban J connectivity index is 0.000000187. The lowest BCUT2D eigenvalue weighted by molar-refractivity contribution is -0.130. The highest BCUT2D eigenvalue weighted by atomic mass is 19.1. The van der Waals surface area contributed by atoms with Gasteiger partial charge in [0.15, 0.2) is 0 Å². The van der Waals surface area contributed by atoms with Gasteiger partial charge in [-0.25, -0.2) is 35.3 Å². The van der Waals surface area contributed by atoms with E-state index in [2.05, 4.69) is 52.7 Å². The van der Waals surface area contributed by atoms with E-state index in [1.165, 1.54) is 30.4 Å². The average molecular weight is 839 g/mol. The third kappa shape index (κ3) is 11.0. The first-order chi connectivity index (χ1) is 30.3. The second kappa shape index (κ2) is 20.4. The van der Waals surface area contributed by atoms with Crippen LogP contribution in [0.3, 0.4) is 0 Å². The van der Waals surface area contributed by atoms with Crippen molar-refractivity contribution in [3.8, 4) is 34.0 Å². The second-order valence-electron chi connectivity index (χ2n) is 13.9. The molecule has 0 spiro atoms. The van der Waals surface area contributed by atoms with Crippen molar-refractivity contribution >= 4 is 45.5 Å². The summed E-state index contributed by atoms with van der Waals surface area (Å²) in [4.78, 5) is 46.1. The predicted octanol–water partition coefficient (Wildman–Crippen LogP) is 7.72. The van der Waals surface area contributed by atoms with Crippen molar-refractivity contribution in [2.75, 3.05) is 23.8 Å². The molecule has 0 aliphatic rings. The maximum atomic E-state index is 13.2. The fourth-order valence-electron chi connectivity index (χ4n) is 6.36. The van der Waals surface area contributed by atoms with Gasteiger partial charge in [0, 0.05) is 24.0 Å². The van der Waals surface area contributed by atoms with Gasteiger partial charge in [0.05, 0.1) is 36.8 Å². The molecule has 1 atom stereocenters. The van der Waals surface area contributed by atoms with E-state index in [0.717, 1.165) is 50.3 Å². The number of hydroxylamine groups is 2. The number of H-pyrrole nitrogens is 2. The summed E-state index contributed by atoms with van der Waals surface area (Å²) in [6, 6.07) is 35.3. The highest BCUT2D eigenvalue weighted by molar-refractivity contribution is 5.92. The van der Waals surface area contributed by atoms with Gasteiger partial charge in [-0.05, 0) is 102 Å². The lowest BCUT2D eigenvalue weighted by atomic mass is 10.1. The van der Waals surface area contributed by atoms with Crippen LogP contribution in [-0.4, -0.2) is 65.3 Å². The molecule has 17 heteroatoms. The number of anilines is 2. The molecule has 16 nitrogen and oxygen atoms in total. The van der Waals surface area contributed by atoms with Gasteiger partial charge in [-0.1, -0.05) is 42.5 Å². The van der Waals surface area contributed by atoms with Crippen molar-refractivity contribution in [2.24, 2.45) is 0 Å². The van der Waals surface area contributed by atoms with Gasteiger partial charge in [-0.2, -0.15) is 0 Å². The standard InChI is InChI=1S/C23H22FN5O3.C22H21N5O3/c1-14(15-2-6-17(24)7-3-15)27-22-19-12-20(28-23(19)26-13-25-22)16-4-8-18(9-5-16)32-11-10-21(30)29-31;28-20(27-29)10-11-30-17-8-6-16(7-9-17)19-12-18-21(24-14-25-22(18)26-19)23-13-15-4-2-1-3-5-15/h2-9,12-14,31H,10-11H2,1H3,(H,29,30)(H2,25,26,27,28);1-9,12,14,29H,10-11,13H2,(H,27,28)(H2,23,24,25,26)/t14-;/m1./s1. The molecular formula is C45H43FN10O6. The van der Waals surface area contributed by atoms with Gasteiger partial charge < -0.3 is 30.1 Å². The highest BCUT2D eigenvalue weighted by Crippen LogP contribution is 2.31. The number of carbonyl (C=O) groups is 2. The van der Waals surface area contributed by atoms with Gasteiger partial charge in [-0.3, -0.25) is 20.0 Å². The Hall–Kier alpha value is -7.89. The second-order valence-corrected chi connectivity index (χ2v) is 13.9. The Kier molecular flexibility index (Phi) is 13.9. The van der Waals surface area contributed by atoms with Crippen molar-refractivity contribution < 1.29 is 33.9 Å². The van der Waals surface area contributed by atoms with Crippen LogP contribution in [0, 0.1) is 5.82 Å². The molecule has 316 valence electrons. The summed E-state index contributed by atoms with van der Waals surface area (Å²) in [5, 5.41) is 25.5. The number of ether oxygens (including phenoxy) is 2. The van der Waals surface area contributed by atoms with Crippen LogP contribution in [0.25, 0.3) is 44.6 Å². The minimum absolute atomic E-state index is 0.0606. The van der Waals surface area contributed by atoms with Crippen LogP contribution in [-0.2, 0) is 16.1 Å². The van der Waals surface area contributed by atoms with Crippen LogP contribution in [0.15, 0.2) is 128 Å². The van der Waals surface area contributed by atoms with E-state index in [1.54, 1.807) is 35.2 Å². The van der Waals surface area contributed by atoms with Crippen LogP contribution in [0.2, 0.25) is 0 Å². The summed E-state index contributed by atoms with van der Waals surface area (Å²) in [7, 11) is 0. The molecule has 0 bridgehead atoms. The fraction of sp³-hybridized carbons (Fsp3) is 0.156. The predicted molar refractivity (Wildman–Crippen MR) is 231 cm³/mol. The van der Waals surface area contributed by atoms with E-state index >= 15 is 0 Å². The molecular weight excluding hydrogens is 796 g/mol. The quantitative estimate of drug-likeness (QED) is 0.0346. The summed E-state index contributed by atoms with van der Waals surface area (Å²) >= 11 is 0. The molecule has 8 aromatic rings. The van der Waals surface area contributed by atoms with Crippen molar-refractivity contribution in [1.82, 2.24) is 40.9 Å². The third-order valence-corrected chi connectivity index (χ3v) is 9.65. The summed E-state index contributed by atoms with van der Waals surface area (Å²) < 4.78 is 24.2. The fourth-order valence-corrected chi connectivity index (χ4v) is 6.36. The van der Waals surface area contributed by atoms with Crippen LogP contribution in [0.5, 0.6) is 11.5 Å². The molecule has 62 heavy (non-hydrogen) atoms. The molecule has 0 saturated carbocycles. The number of nitrogens with zero attached hydrogens (tertiary/aromatic N) is 4. The first-order valence-electron chi connectivity index (χ1n) is 19.6. The van der Waals surface area contributed by atoms with Gasteiger partial charge >= 0.3 is 0 Å². The minimum Gasteiger partial charge on any atom is -0.493 e. The number of amides is 2. The summed E-state index contributed by atoms with van der Waals surface area (Å²) in [6.07, 6.45) is 3.17. The van der Waals surface area contributed by atoms with Crippen LogP contribution in [0.1, 0.15) is 36.9 Å². The molecule has 0 aliphatic heterocycles. The number of hydrogen-bond donors (Lipinski definition) is 8. The summed E-state index contributed by atoms with van der Waals surface area (Å²) in [6.45, 7) is 3.00. The lowest BCUT2D eigenvalue weighted by Gasteiger charge is -2.15. The molecule has 0 fully saturated rings. The van der Waals surface area contributed by atoms with Crippen molar-refractivity contribution in [3.63, 3.8) is 0 Å². The molecule has 8 N–H and O–H groups in total. The van der Waals surface area contributed by atoms with E-state index in [1.807, 2.05) is 73.7 Å². The molecule has 0 saturated heterocycles. The minimum atomic E-state index is -0.501. The van der Waals surface area contributed by atoms with E-state index in [0.29, 0.717) is 29.5 Å². The zero-order valence-corrected chi connectivity index (χ0v) is 33.4. The van der Waals surface area contributed by atoms with Crippen molar-refractivity contribution in [2.45, 2.75) is 32.4 Å². The number of nitrogens with one attached hydrogen (secondary N) is 6. The molecule has 0 radical (unpaired) electrons. The van der Waals surface area contributed by atoms with Crippen molar-refractivity contribution in [3.05, 3.63) is 145 Å². The number of benzene rings is 4. The Morgan fingerprint density at radius 2 is 1.16 bits per heavy atom. The maximum absolute atomic E-state index is 13.2. The van der Waals surface area contributed by atoms with Crippen LogP contribution >= 0.6 is 0 Å². The molecule has 0 aliphatic carbocycles. The molecule has 2 amide bonds. The highest BCUT2D eigenvalue weighted by Gasteiger charge is 2.14. The zero-order valence-electron chi connectivity index (χ0n) is 33.4. The Labute approximate surface area is 354 Å². The molecule has 4 aromatic carbocycles. The molecule has 8 rings (SSSR count). The molecule has 4 heterocycles. The van der Waals surface area contributed by atoms with Crippen LogP contribution in [0.4, 0.5) is 16.0 Å². The number of aromatic nitrogens is 6. The maximum Gasteiger partial charge on any atom is 0.246 e. The monoisotopic (exact) mass is 838 g/mol. The van der Waals surface area contributed by atoms with Crippen molar-refractivity contribution in [1.29, 1.82) is 0 Å². The SMILES string of the molecule is C[C@@H](Nc1ncnc2[nH]c(-c3ccc(OCCC(=O)NO)cc3)cc12)c1ccc(F)cc1.O=C(CCOc1ccc(-c2cc3c(NCc4ccccc4)ncnc3[nH]2)cc1)NO. The normalized spacial score (nSPS) is 11.3. The topological polar surface area (TPSA) is 224 Å². The molecule has 4 aromatic heterocycles. The number of fused-ring (bicyclic) bond motifs is 2. The number of rotatable bonds is 16. The Bertz CT molecular complexity index is 2710. The first kappa shape index (κ1) is 42.2. The Morgan fingerprint density at radius 3 is 1.68 bits per heavy atom. The van der Waals surface area contributed by atoms with E-state index in [-0.39, 0.29) is 37.9 Å².